The number of methoxy groups -OCH3 is 1. The SMILES string of the molecule is COc1ccc2cc(-c3cc(N)no3)sc2c1. The lowest BCUT2D eigenvalue weighted by Crippen LogP contribution is -1.79. The summed E-state index contributed by atoms with van der Waals surface area (Å²) >= 11 is 1.62. The summed E-state index contributed by atoms with van der Waals surface area (Å²) in [7, 11) is 1.66. The fraction of sp³-hybridized carbons (Fsp3) is 0.0833. The molecule has 3 aromatic rings. The molecule has 17 heavy (non-hydrogen) atoms. The van der Waals surface area contributed by atoms with Gasteiger partial charge in [0.1, 0.15) is 5.75 Å². The third kappa shape index (κ3) is 1.74. The molecule has 3 rings (SSSR count). The number of rotatable bonds is 2. The summed E-state index contributed by atoms with van der Waals surface area (Å²) in [5.74, 6) is 1.95. The first-order chi connectivity index (χ1) is 8.26. The van der Waals surface area contributed by atoms with Crippen molar-refractivity contribution in [2.24, 2.45) is 0 Å². The average Bonchev–Trinajstić information content (AvgIpc) is 2.93. The summed E-state index contributed by atoms with van der Waals surface area (Å²) in [6, 6.07) is 9.74. The van der Waals surface area contributed by atoms with Gasteiger partial charge in [0.15, 0.2) is 11.6 Å². The van der Waals surface area contributed by atoms with Crippen LogP contribution in [-0.4, -0.2) is 12.3 Å². The highest BCUT2D eigenvalue weighted by Gasteiger charge is 2.09. The zero-order valence-corrected chi connectivity index (χ0v) is 9.95. The van der Waals surface area contributed by atoms with E-state index in [0.29, 0.717) is 11.6 Å². The van der Waals surface area contributed by atoms with Gasteiger partial charge in [-0.25, -0.2) is 0 Å². The van der Waals surface area contributed by atoms with E-state index in [9.17, 15) is 0 Å². The number of hydrogen-bond donors (Lipinski definition) is 1. The molecule has 86 valence electrons. The fourth-order valence-electron chi connectivity index (χ4n) is 1.66. The lowest BCUT2D eigenvalue weighted by Gasteiger charge is -1.97. The standard InChI is InChI=1S/C12H10N2O2S/c1-15-8-3-2-7-4-11(17-10(7)5-8)9-6-12(13)14-16-9/h2-6H,1H3,(H2,13,14). The number of thiophene rings is 1. The third-order valence-corrected chi connectivity index (χ3v) is 3.61. The number of aromatic nitrogens is 1. The summed E-state index contributed by atoms with van der Waals surface area (Å²) in [5.41, 5.74) is 5.54. The third-order valence-electron chi connectivity index (χ3n) is 2.50. The molecule has 2 aromatic heterocycles. The van der Waals surface area contributed by atoms with E-state index in [2.05, 4.69) is 11.2 Å². The molecule has 0 radical (unpaired) electrons. The summed E-state index contributed by atoms with van der Waals surface area (Å²) in [5, 5.41) is 4.84. The van der Waals surface area contributed by atoms with Crippen molar-refractivity contribution in [3.8, 4) is 16.4 Å². The van der Waals surface area contributed by atoms with Gasteiger partial charge in [-0.2, -0.15) is 0 Å². The van der Waals surface area contributed by atoms with Gasteiger partial charge in [0.05, 0.1) is 12.0 Å². The van der Waals surface area contributed by atoms with Gasteiger partial charge in [0.2, 0.25) is 0 Å². The second-order valence-electron chi connectivity index (χ2n) is 3.63. The maximum absolute atomic E-state index is 5.54. The highest BCUT2D eigenvalue weighted by atomic mass is 32.1. The van der Waals surface area contributed by atoms with Crippen LogP contribution in [0.2, 0.25) is 0 Å². The number of nitrogens with two attached hydrogens (primary N) is 1. The largest absolute Gasteiger partial charge is 0.497 e. The normalized spacial score (nSPS) is 10.9. The van der Waals surface area contributed by atoms with Crippen LogP contribution >= 0.6 is 11.3 Å². The number of ether oxygens (including phenoxy) is 1. The second-order valence-corrected chi connectivity index (χ2v) is 4.71. The Kier molecular flexibility index (Phi) is 2.26. The van der Waals surface area contributed by atoms with Crippen LogP contribution < -0.4 is 10.5 Å². The van der Waals surface area contributed by atoms with Crippen molar-refractivity contribution in [2.45, 2.75) is 0 Å². The number of nitrogens with zero attached hydrogens (tertiary/aromatic N) is 1. The first-order valence-electron chi connectivity index (χ1n) is 5.06. The summed E-state index contributed by atoms with van der Waals surface area (Å²) in [4.78, 5) is 1.01. The highest BCUT2D eigenvalue weighted by Crippen LogP contribution is 2.35. The van der Waals surface area contributed by atoms with Crippen molar-refractivity contribution in [1.82, 2.24) is 5.16 Å². The minimum Gasteiger partial charge on any atom is -0.497 e. The molecule has 2 N–H and O–H groups in total. The predicted octanol–water partition coefficient (Wildman–Crippen LogP) is 3.15. The van der Waals surface area contributed by atoms with E-state index in [0.717, 1.165) is 20.7 Å². The molecule has 2 heterocycles. The Hall–Kier alpha value is -2.01. The maximum atomic E-state index is 5.54. The molecule has 0 bridgehead atoms. The highest BCUT2D eigenvalue weighted by molar-refractivity contribution is 7.22. The molecule has 0 saturated heterocycles. The molecule has 0 fully saturated rings. The fourth-order valence-corrected chi connectivity index (χ4v) is 2.70. The van der Waals surface area contributed by atoms with E-state index in [1.165, 1.54) is 0 Å². The van der Waals surface area contributed by atoms with Crippen LogP contribution in [0.3, 0.4) is 0 Å². The number of anilines is 1. The van der Waals surface area contributed by atoms with Crippen molar-refractivity contribution >= 4 is 27.2 Å². The van der Waals surface area contributed by atoms with Gasteiger partial charge in [-0.05, 0) is 29.7 Å². The van der Waals surface area contributed by atoms with E-state index in [1.54, 1.807) is 24.5 Å². The van der Waals surface area contributed by atoms with E-state index < -0.39 is 0 Å². The number of benzene rings is 1. The van der Waals surface area contributed by atoms with Crippen LogP contribution in [-0.2, 0) is 0 Å². The Morgan fingerprint density at radius 2 is 2.18 bits per heavy atom. The monoisotopic (exact) mass is 246 g/mol. The van der Waals surface area contributed by atoms with Crippen molar-refractivity contribution in [2.75, 3.05) is 12.8 Å². The number of fused-ring (bicyclic) bond motifs is 1. The van der Waals surface area contributed by atoms with E-state index in [4.69, 9.17) is 15.0 Å². The number of hydrogen-bond acceptors (Lipinski definition) is 5. The Morgan fingerprint density at radius 1 is 1.29 bits per heavy atom. The van der Waals surface area contributed by atoms with Crippen molar-refractivity contribution in [3.63, 3.8) is 0 Å². The molecule has 0 saturated carbocycles. The van der Waals surface area contributed by atoms with Crippen LogP contribution in [0.1, 0.15) is 0 Å². The molecular weight excluding hydrogens is 236 g/mol. The lowest BCUT2D eigenvalue weighted by atomic mass is 10.2. The van der Waals surface area contributed by atoms with Gasteiger partial charge in [-0.1, -0.05) is 5.16 Å². The Balaban J connectivity index is 2.13. The van der Waals surface area contributed by atoms with Crippen molar-refractivity contribution in [1.29, 1.82) is 0 Å². The molecule has 1 aromatic carbocycles. The van der Waals surface area contributed by atoms with Gasteiger partial charge in [0.25, 0.3) is 0 Å². The topological polar surface area (TPSA) is 61.3 Å². The summed E-state index contributed by atoms with van der Waals surface area (Å²) < 4.78 is 11.5. The maximum Gasteiger partial charge on any atom is 0.179 e. The molecule has 0 aliphatic rings. The first-order valence-corrected chi connectivity index (χ1v) is 5.88. The van der Waals surface area contributed by atoms with Gasteiger partial charge >= 0.3 is 0 Å². The smallest absolute Gasteiger partial charge is 0.179 e. The van der Waals surface area contributed by atoms with Crippen molar-refractivity contribution < 1.29 is 9.26 Å². The van der Waals surface area contributed by atoms with Crippen LogP contribution in [0.25, 0.3) is 20.7 Å². The second kappa shape index (κ2) is 3.78. The van der Waals surface area contributed by atoms with Crippen LogP contribution in [0, 0.1) is 0 Å². The summed E-state index contributed by atoms with van der Waals surface area (Å²) in [6.45, 7) is 0. The predicted molar refractivity (Wildman–Crippen MR) is 68.3 cm³/mol. The van der Waals surface area contributed by atoms with Gasteiger partial charge in [-0.3, -0.25) is 0 Å². The summed E-state index contributed by atoms with van der Waals surface area (Å²) in [6.07, 6.45) is 0. The van der Waals surface area contributed by atoms with Crippen LogP contribution in [0.5, 0.6) is 5.75 Å². The van der Waals surface area contributed by atoms with E-state index >= 15 is 0 Å². The van der Waals surface area contributed by atoms with Gasteiger partial charge in [-0.15, -0.1) is 11.3 Å². The average molecular weight is 246 g/mol. The zero-order valence-electron chi connectivity index (χ0n) is 9.14. The molecule has 0 aliphatic carbocycles. The Labute approximate surface area is 102 Å². The molecule has 4 nitrogen and oxygen atoms in total. The minimum atomic E-state index is 0.398. The molecule has 0 atom stereocenters. The van der Waals surface area contributed by atoms with E-state index in [-0.39, 0.29) is 0 Å². The first kappa shape index (κ1) is 10.2. The van der Waals surface area contributed by atoms with Gasteiger partial charge < -0.3 is 15.0 Å². The van der Waals surface area contributed by atoms with E-state index in [1.807, 2.05) is 18.2 Å². The van der Waals surface area contributed by atoms with Crippen LogP contribution in [0.4, 0.5) is 5.82 Å². The Morgan fingerprint density at radius 3 is 2.88 bits per heavy atom. The molecule has 0 spiro atoms. The minimum absolute atomic E-state index is 0.398. The van der Waals surface area contributed by atoms with Gasteiger partial charge in [0, 0.05) is 10.8 Å². The quantitative estimate of drug-likeness (QED) is 0.754. The Bertz CT molecular complexity index is 672. The molecule has 0 unspecified atom stereocenters. The molecule has 0 aliphatic heterocycles. The number of nitrogen functional groups attached to an aromatic ring is 1. The molecular formula is C12H10N2O2S. The lowest BCUT2D eigenvalue weighted by molar-refractivity contribution is 0.415. The van der Waals surface area contributed by atoms with Crippen LogP contribution in [0.15, 0.2) is 34.9 Å². The van der Waals surface area contributed by atoms with Crippen molar-refractivity contribution in [3.05, 3.63) is 30.3 Å². The molecule has 5 heteroatoms. The molecule has 0 amide bonds. The zero-order chi connectivity index (χ0) is 11.8.